The molecule has 1 N–H and O–H groups in total. The number of carbonyl (C=O) groups is 1. The zero-order valence-corrected chi connectivity index (χ0v) is 8.92. The maximum absolute atomic E-state index is 10.2. The van der Waals surface area contributed by atoms with Crippen LogP contribution in [0.2, 0.25) is 0 Å². The molecule has 0 bridgehead atoms. The van der Waals surface area contributed by atoms with Gasteiger partial charge in [-0.2, -0.15) is 0 Å². The van der Waals surface area contributed by atoms with Gasteiger partial charge >= 0.3 is 5.97 Å². The molecule has 0 aliphatic carbocycles. The minimum Gasteiger partial charge on any atom is -0.481 e. The molecular weight excluding hydrogens is 176 g/mol. The van der Waals surface area contributed by atoms with Crippen molar-refractivity contribution in [2.45, 2.75) is 33.1 Å². The Morgan fingerprint density at radius 1 is 1.43 bits per heavy atom. The van der Waals surface area contributed by atoms with Crippen LogP contribution in [0.3, 0.4) is 0 Å². The van der Waals surface area contributed by atoms with Gasteiger partial charge < -0.3 is 5.11 Å². The second kappa shape index (κ2) is 7.13. The van der Waals surface area contributed by atoms with E-state index in [1.54, 1.807) is 0 Å². The Balaban J connectivity index is 3.77. The first-order valence-corrected chi connectivity index (χ1v) is 4.72. The summed E-state index contributed by atoms with van der Waals surface area (Å²) < 4.78 is 0. The molecule has 0 aromatic rings. The van der Waals surface area contributed by atoms with Crippen LogP contribution in [0.15, 0.2) is 36.0 Å². The molecule has 0 amide bonds. The third-order valence-electron chi connectivity index (χ3n) is 1.69. The van der Waals surface area contributed by atoms with E-state index in [0.717, 1.165) is 12.0 Å². The van der Waals surface area contributed by atoms with Gasteiger partial charge in [-0.05, 0) is 26.7 Å². The molecule has 0 aliphatic heterocycles. The van der Waals surface area contributed by atoms with Crippen LogP contribution in [-0.2, 0) is 4.79 Å². The first kappa shape index (κ1) is 12.7. The summed E-state index contributed by atoms with van der Waals surface area (Å²) in [4.78, 5) is 10.2. The van der Waals surface area contributed by atoms with E-state index in [1.165, 1.54) is 5.57 Å². The molecule has 0 atom stereocenters. The summed E-state index contributed by atoms with van der Waals surface area (Å²) in [6, 6.07) is 0. The Bertz CT molecular complexity index is 259. The van der Waals surface area contributed by atoms with Crippen LogP contribution in [0, 0.1) is 0 Å². The van der Waals surface area contributed by atoms with E-state index in [-0.39, 0.29) is 6.42 Å². The monoisotopic (exact) mass is 194 g/mol. The molecule has 2 nitrogen and oxygen atoms in total. The zero-order valence-electron chi connectivity index (χ0n) is 8.92. The molecule has 78 valence electrons. The van der Waals surface area contributed by atoms with Crippen molar-refractivity contribution in [2.24, 2.45) is 0 Å². The lowest BCUT2D eigenvalue weighted by Crippen LogP contribution is -1.92. The Hall–Kier alpha value is -1.31. The molecule has 0 aromatic carbocycles. The number of hydrogen-bond donors (Lipinski definition) is 1. The fraction of sp³-hybridized carbons (Fsp3) is 0.417. The molecular formula is C12H18O2. The van der Waals surface area contributed by atoms with E-state index in [1.807, 2.05) is 32.1 Å². The van der Waals surface area contributed by atoms with Crippen molar-refractivity contribution < 1.29 is 9.90 Å². The average molecular weight is 194 g/mol. The predicted molar refractivity (Wildman–Crippen MR) is 59.2 cm³/mol. The van der Waals surface area contributed by atoms with E-state index in [9.17, 15) is 4.79 Å². The maximum Gasteiger partial charge on any atom is 0.303 e. The number of allylic oxidation sites excluding steroid dienone is 5. The third kappa shape index (κ3) is 8.78. The summed E-state index contributed by atoms with van der Waals surface area (Å²) in [5.74, 6) is -0.744. The summed E-state index contributed by atoms with van der Waals surface area (Å²) in [5.41, 5.74) is 2.23. The topological polar surface area (TPSA) is 37.3 Å². The molecule has 0 radical (unpaired) electrons. The van der Waals surface area contributed by atoms with Gasteiger partial charge in [0.15, 0.2) is 0 Å². The molecule has 0 saturated heterocycles. The van der Waals surface area contributed by atoms with Gasteiger partial charge in [0, 0.05) is 6.42 Å². The van der Waals surface area contributed by atoms with E-state index in [0.29, 0.717) is 6.42 Å². The van der Waals surface area contributed by atoms with Gasteiger partial charge in [-0.3, -0.25) is 4.79 Å². The normalized spacial score (nSPS) is 12.0. The Labute approximate surface area is 85.6 Å². The van der Waals surface area contributed by atoms with Gasteiger partial charge in [-0.15, -0.1) is 0 Å². The average Bonchev–Trinajstić information content (AvgIpc) is 2.02. The lowest BCUT2D eigenvalue weighted by molar-refractivity contribution is -0.136. The van der Waals surface area contributed by atoms with Crippen molar-refractivity contribution in [3.8, 4) is 0 Å². The number of carboxylic acids is 1. The van der Waals surface area contributed by atoms with Gasteiger partial charge in [0.25, 0.3) is 0 Å². The van der Waals surface area contributed by atoms with E-state index in [2.05, 4.69) is 6.58 Å². The van der Waals surface area contributed by atoms with Crippen LogP contribution in [0.25, 0.3) is 0 Å². The summed E-state index contributed by atoms with van der Waals surface area (Å²) in [6.07, 6.45) is 7.66. The minimum absolute atomic E-state index is 0.210. The van der Waals surface area contributed by atoms with E-state index in [4.69, 9.17) is 5.11 Å². The first-order chi connectivity index (χ1) is 6.52. The third-order valence-corrected chi connectivity index (χ3v) is 1.69. The highest BCUT2D eigenvalue weighted by atomic mass is 16.4. The SMILES string of the molecule is C=C(C)C=CCC(C)=CCCC(=O)O. The van der Waals surface area contributed by atoms with Crippen LogP contribution < -0.4 is 0 Å². The number of carboxylic acid groups (broad SMARTS) is 1. The summed E-state index contributed by atoms with van der Waals surface area (Å²) in [6.45, 7) is 7.70. The smallest absolute Gasteiger partial charge is 0.303 e. The Morgan fingerprint density at radius 3 is 2.57 bits per heavy atom. The minimum atomic E-state index is -0.744. The second-order valence-electron chi connectivity index (χ2n) is 3.44. The van der Waals surface area contributed by atoms with E-state index < -0.39 is 5.97 Å². The quantitative estimate of drug-likeness (QED) is 0.520. The van der Waals surface area contributed by atoms with Crippen molar-refractivity contribution in [2.75, 3.05) is 0 Å². The lowest BCUT2D eigenvalue weighted by Gasteiger charge is -1.95. The van der Waals surface area contributed by atoms with Crippen molar-refractivity contribution in [3.05, 3.63) is 36.0 Å². The molecule has 0 fully saturated rings. The first-order valence-electron chi connectivity index (χ1n) is 4.72. The molecule has 0 rings (SSSR count). The summed E-state index contributed by atoms with van der Waals surface area (Å²) >= 11 is 0. The highest BCUT2D eigenvalue weighted by molar-refractivity contribution is 5.66. The molecule has 0 saturated carbocycles. The highest BCUT2D eigenvalue weighted by Gasteiger charge is 1.93. The standard InChI is InChI=1S/C12H18O2/c1-10(2)6-4-7-11(3)8-5-9-12(13)14/h4,6,8H,1,5,7,9H2,2-3H3,(H,13,14). The molecule has 0 aromatic heterocycles. The fourth-order valence-corrected chi connectivity index (χ4v) is 0.971. The van der Waals surface area contributed by atoms with Gasteiger partial charge in [-0.1, -0.05) is 36.0 Å². The Morgan fingerprint density at radius 2 is 2.07 bits per heavy atom. The Kier molecular flexibility index (Phi) is 6.46. The highest BCUT2D eigenvalue weighted by Crippen LogP contribution is 2.05. The van der Waals surface area contributed by atoms with Crippen molar-refractivity contribution in [1.29, 1.82) is 0 Å². The molecule has 0 spiro atoms. The maximum atomic E-state index is 10.2. The number of hydrogen-bond acceptors (Lipinski definition) is 1. The molecule has 14 heavy (non-hydrogen) atoms. The fourth-order valence-electron chi connectivity index (χ4n) is 0.971. The molecule has 0 unspecified atom stereocenters. The molecule has 2 heteroatoms. The van der Waals surface area contributed by atoms with Crippen molar-refractivity contribution in [1.82, 2.24) is 0 Å². The van der Waals surface area contributed by atoms with Crippen LogP contribution in [0.4, 0.5) is 0 Å². The molecule has 0 heterocycles. The van der Waals surface area contributed by atoms with Crippen molar-refractivity contribution in [3.63, 3.8) is 0 Å². The zero-order chi connectivity index (χ0) is 11.0. The van der Waals surface area contributed by atoms with Crippen LogP contribution in [-0.4, -0.2) is 11.1 Å². The number of rotatable bonds is 6. The van der Waals surface area contributed by atoms with Crippen LogP contribution in [0.5, 0.6) is 0 Å². The second-order valence-corrected chi connectivity index (χ2v) is 3.44. The van der Waals surface area contributed by atoms with Gasteiger partial charge in [0.1, 0.15) is 0 Å². The van der Waals surface area contributed by atoms with Crippen molar-refractivity contribution >= 4 is 5.97 Å². The summed E-state index contributed by atoms with van der Waals surface area (Å²) in [5, 5.41) is 8.42. The van der Waals surface area contributed by atoms with Gasteiger partial charge in [0.2, 0.25) is 0 Å². The van der Waals surface area contributed by atoms with Crippen LogP contribution >= 0.6 is 0 Å². The van der Waals surface area contributed by atoms with Gasteiger partial charge in [0.05, 0.1) is 0 Å². The molecule has 0 aliphatic rings. The number of aliphatic carboxylic acids is 1. The largest absolute Gasteiger partial charge is 0.481 e. The van der Waals surface area contributed by atoms with Crippen LogP contribution in [0.1, 0.15) is 33.1 Å². The lowest BCUT2D eigenvalue weighted by atomic mass is 10.1. The van der Waals surface area contributed by atoms with Gasteiger partial charge in [-0.25, -0.2) is 0 Å². The predicted octanol–water partition coefficient (Wildman–Crippen LogP) is 3.32. The van der Waals surface area contributed by atoms with E-state index >= 15 is 0 Å². The summed E-state index contributed by atoms with van der Waals surface area (Å²) in [7, 11) is 0.